The van der Waals surface area contributed by atoms with Crippen molar-refractivity contribution in [3.05, 3.63) is 42.0 Å². The summed E-state index contributed by atoms with van der Waals surface area (Å²) in [4.78, 5) is 11.4. The molecule has 0 aliphatic heterocycles. The van der Waals surface area contributed by atoms with Gasteiger partial charge >= 0.3 is 0 Å². The van der Waals surface area contributed by atoms with Gasteiger partial charge in [0, 0.05) is 6.61 Å². The van der Waals surface area contributed by atoms with Crippen molar-refractivity contribution in [3.8, 4) is 0 Å². The van der Waals surface area contributed by atoms with Gasteiger partial charge < -0.3 is 10.8 Å². The van der Waals surface area contributed by atoms with E-state index in [-0.39, 0.29) is 12.4 Å². The van der Waals surface area contributed by atoms with Crippen LogP contribution in [0, 0.1) is 0 Å². The van der Waals surface area contributed by atoms with E-state index in [9.17, 15) is 4.79 Å². The highest BCUT2D eigenvalue weighted by atomic mass is 16.3. The summed E-state index contributed by atoms with van der Waals surface area (Å²) in [7, 11) is 0. The van der Waals surface area contributed by atoms with Crippen LogP contribution < -0.4 is 5.73 Å². The minimum Gasteiger partial charge on any atom is -0.396 e. The van der Waals surface area contributed by atoms with Gasteiger partial charge in [-0.2, -0.15) is 0 Å². The predicted octanol–water partition coefficient (Wildman–Crippen LogP) is 0.979. The molecule has 3 N–H and O–H groups in total. The van der Waals surface area contributed by atoms with Crippen molar-refractivity contribution in [2.45, 2.75) is 12.5 Å². The number of carbonyl (C=O) groups excluding carboxylic acids is 1. The number of aliphatic hydroxyl groups excluding tert-OH is 1. The largest absolute Gasteiger partial charge is 0.396 e. The van der Waals surface area contributed by atoms with Gasteiger partial charge in [0.2, 0.25) is 0 Å². The topological polar surface area (TPSA) is 63.3 Å². The molecule has 80 valence electrons. The molecule has 1 atom stereocenters. The summed E-state index contributed by atoms with van der Waals surface area (Å²) in [5, 5.41) is 8.61. The monoisotopic (exact) mass is 205 g/mol. The highest BCUT2D eigenvalue weighted by molar-refractivity contribution is 5.97. The SMILES string of the molecule is NC(CCO)C(=O)/C=C/c1ccccc1. The van der Waals surface area contributed by atoms with Crippen LogP contribution >= 0.6 is 0 Å². The molecule has 0 aromatic heterocycles. The van der Waals surface area contributed by atoms with E-state index >= 15 is 0 Å². The lowest BCUT2D eigenvalue weighted by molar-refractivity contribution is -0.116. The van der Waals surface area contributed by atoms with Gasteiger partial charge in [0.15, 0.2) is 5.78 Å². The number of carbonyl (C=O) groups is 1. The second kappa shape index (κ2) is 6.11. The van der Waals surface area contributed by atoms with E-state index in [2.05, 4.69) is 0 Å². The van der Waals surface area contributed by atoms with Gasteiger partial charge in [-0.05, 0) is 18.1 Å². The second-order valence-corrected chi connectivity index (χ2v) is 3.27. The van der Waals surface area contributed by atoms with Crippen molar-refractivity contribution in [1.82, 2.24) is 0 Å². The van der Waals surface area contributed by atoms with E-state index in [0.717, 1.165) is 5.56 Å². The van der Waals surface area contributed by atoms with Crippen LogP contribution in [0.15, 0.2) is 36.4 Å². The summed E-state index contributed by atoms with van der Waals surface area (Å²) in [6.45, 7) is -0.0634. The van der Waals surface area contributed by atoms with Crippen molar-refractivity contribution in [2.24, 2.45) is 5.73 Å². The van der Waals surface area contributed by atoms with Crippen LogP contribution in [0.1, 0.15) is 12.0 Å². The quantitative estimate of drug-likeness (QED) is 0.704. The molecule has 3 heteroatoms. The first-order chi connectivity index (χ1) is 7.24. The van der Waals surface area contributed by atoms with Gasteiger partial charge in [-0.15, -0.1) is 0 Å². The average Bonchev–Trinajstić information content (AvgIpc) is 2.27. The summed E-state index contributed by atoms with van der Waals surface area (Å²) in [6, 6.07) is 8.92. The van der Waals surface area contributed by atoms with Crippen molar-refractivity contribution >= 4 is 11.9 Å². The van der Waals surface area contributed by atoms with Gasteiger partial charge in [0.05, 0.1) is 6.04 Å². The Bertz CT molecular complexity index is 333. The molecule has 1 aromatic rings. The lowest BCUT2D eigenvalue weighted by Crippen LogP contribution is -2.29. The Morgan fingerprint density at radius 1 is 1.40 bits per heavy atom. The van der Waals surface area contributed by atoms with Gasteiger partial charge in [-0.3, -0.25) is 4.79 Å². The van der Waals surface area contributed by atoms with Gasteiger partial charge in [0.1, 0.15) is 0 Å². The van der Waals surface area contributed by atoms with E-state index in [1.807, 2.05) is 30.3 Å². The third-order valence-corrected chi connectivity index (χ3v) is 2.05. The average molecular weight is 205 g/mol. The molecule has 0 saturated carbocycles. The summed E-state index contributed by atoms with van der Waals surface area (Å²) < 4.78 is 0. The molecule has 1 rings (SSSR count). The van der Waals surface area contributed by atoms with E-state index in [1.165, 1.54) is 6.08 Å². The number of aliphatic hydroxyl groups is 1. The van der Waals surface area contributed by atoms with E-state index < -0.39 is 6.04 Å². The molecule has 1 unspecified atom stereocenters. The van der Waals surface area contributed by atoms with Gasteiger partial charge in [-0.1, -0.05) is 36.4 Å². The fourth-order valence-electron chi connectivity index (χ4n) is 1.15. The fraction of sp³-hybridized carbons (Fsp3) is 0.250. The van der Waals surface area contributed by atoms with Crippen LogP contribution in [-0.2, 0) is 4.79 Å². The molecule has 0 heterocycles. The van der Waals surface area contributed by atoms with Crippen LogP contribution in [-0.4, -0.2) is 23.5 Å². The van der Waals surface area contributed by atoms with Crippen LogP contribution in [0.3, 0.4) is 0 Å². The number of hydrogen-bond acceptors (Lipinski definition) is 3. The zero-order valence-corrected chi connectivity index (χ0v) is 8.47. The first kappa shape index (κ1) is 11.6. The second-order valence-electron chi connectivity index (χ2n) is 3.27. The molecule has 15 heavy (non-hydrogen) atoms. The molecule has 0 fully saturated rings. The highest BCUT2D eigenvalue weighted by Crippen LogP contribution is 2.02. The van der Waals surface area contributed by atoms with Crippen LogP contribution in [0.25, 0.3) is 6.08 Å². The minimum absolute atomic E-state index is 0.0634. The number of ketones is 1. The van der Waals surface area contributed by atoms with Gasteiger partial charge in [-0.25, -0.2) is 0 Å². The molecule has 0 spiro atoms. The maximum Gasteiger partial charge on any atom is 0.172 e. The molecule has 1 aromatic carbocycles. The van der Waals surface area contributed by atoms with Crippen molar-refractivity contribution in [3.63, 3.8) is 0 Å². The Labute approximate surface area is 89.2 Å². The first-order valence-electron chi connectivity index (χ1n) is 4.87. The van der Waals surface area contributed by atoms with Crippen molar-refractivity contribution < 1.29 is 9.90 Å². The zero-order chi connectivity index (χ0) is 11.1. The number of nitrogens with two attached hydrogens (primary N) is 1. The van der Waals surface area contributed by atoms with Crippen molar-refractivity contribution in [2.75, 3.05) is 6.61 Å². The molecular weight excluding hydrogens is 190 g/mol. The molecule has 0 aliphatic carbocycles. The lowest BCUT2D eigenvalue weighted by Gasteiger charge is -2.04. The number of benzene rings is 1. The molecular formula is C12H15NO2. The van der Waals surface area contributed by atoms with Crippen LogP contribution in [0.4, 0.5) is 0 Å². The minimum atomic E-state index is -0.602. The van der Waals surface area contributed by atoms with E-state index in [0.29, 0.717) is 6.42 Å². The molecule has 0 saturated heterocycles. The Morgan fingerprint density at radius 2 is 2.07 bits per heavy atom. The molecule has 0 amide bonds. The zero-order valence-electron chi connectivity index (χ0n) is 8.47. The molecule has 3 nitrogen and oxygen atoms in total. The van der Waals surface area contributed by atoms with E-state index in [1.54, 1.807) is 6.08 Å². The maximum atomic E-state index is 11.4. The first-order valence-corrected chi connectivity index (χ1v) is 4.87. The molecule has 0 bridgehead atoms. The highest BCUT2D eigenvalue weighted by Gasteiger charge is 2.08. The van der Waals surface area contributed by atoms with Gasteiger partial charge in [0.25, 0.3) is 0 Å². The molecule has 0 radical (unpaired) electrons. The number of rotatable bonds is 5. The smallest absolute Gasteiger partial charge is 0.172 e. The van der Waals surface area contributed by atoms with Crippen LogP contribution in [0.2, 0.25) is 0 Å². The van der Waals surface area contributed by atoms with Crippen molar-refractivity contribution in [1.29, 1.82) is 0 Å². The summed E-state index contributed by atoms with van der Waals surface area (Å²) in [5.41, 5.74) is 6.49. The summed E-state index contributed by atoms with van der Waals surface area (Å²) in [5.74, 6) is -0.159. The lowest BCUT2D eigenvalue weighted by atomic mass is 10.1. The fourth-order valence-corrected chi connectivity index (χ4v) is 1.15. The normalized spacial score (nSPS) is 12.9. The Morgan fingerprint density at radius 3 is 2.67 bits per heavy atom. The predicted molar refractivity (Wildman–Crippen MR) is 60.2 cm³/mol. The van der Waals surface area contributed by atoms with E-state index in [4.69, 9.17) is 10.8 Å². The Balaban J connectivity index is 2.55. The Kier molecular flexibility index (Phi) is 4.74. The third kappa shape index (κ3) is 4.06. The summed E-state index contributed by atoms with van der Waals surface area (Å²) >= 11 is 0. The maximum absolute atomic E-state index is 11.4. The standard InChI is InChI=1S/C12H15NO2/c13-11(8-9-14)12(15)7-6-10-4-2-1-3-5-10/h1-7,11,14H,8-9,13H2/b7-6+. The summed E-state index contributed by atoms with van der Waals surface area (Å²) in [6.07, 6.45) is 3.48. The number of hydrogen-bond donors (Lipinski definition) is 2. The third-order valence-electron chi connectivity index (χ3n) is 2.05. The molecule has 0 aliphatic rings. The Hall–Kier alpha value is -1.45. The van der Waals surface area contributed by atoms with Crippen LogP contribution in [0.5, 0.6) is 0 Å².